The van der Waals surface area contributed by atoms with Gasteiger partial charge in [0.25, 0.3) is 0 Å². The minimum atomic E-state index is -1.33. The lowest BCUT2D eigenvalue weighted by Gasteiger charge is -2.17. The van der Waals surface area contributed by atoms with E-state index in [1.54, 1.807) is 12.3 Å². The Morgan fingerprint density at radius 3 is 2.50 bits per heavy atom. The Bertz CT molecular complexity index is 417. The fraction of sp³-hybridized carbons (Fsp3) is 0.545. The summed E-state index contributed by atoms with van der Waals surface area (Å²) in [6, 6.07) is 1.72. The molecule has 1 fully saturated rings. The van der Waals surface area contributed by atoms with Crippen molar-refractivity contribution in [3.05, 3.63) is 24.4 Å². The van der Waals surface area contributed by atoms with Crippen LogP contribution in [0.4, 0.5) is 4.79 Å². The first-order valence-corrected chi connectivity index (χ1v) is 6.26. The van der Waals surface area contributed by atoms with Crippen LogP contribution in [0.25, 0.3) is 0 Å². The highest BCUT2D eigenvalue weighted by Crippen LogP contribution is 2.29. The van der Waals surface area contributed by atoms with Crippen molar-refractivity contribution in [2.24, 2.45) is 5.73 Å². The minimum absolute atomic E-state index is 0.596. The van der Waals surface area contributed by atoms with Crippen molar-refractivity contribution in [3.63, 3.8) is 0 Å². The largest absolute Gasteiger partial charge is 0.465 e. The van der Waals surface area contributed by atoms with Crippen molar-refractivity contribution in [2.75, 3.05) is 0 Å². The number of aromatic amines is 1. The van der Waals surface area contributed by atoms with Gasteiger partial charge in [-0.1, -0.05) is 24.4 Å². The number of hydrogen-bond acceptors (Lipinski definition) is 6. The maximum Gasteiger partial charge on any atom is 0.402 e. The van der Waals surface area contributed by atoms with Crippen LogP contribution in [0.5, 0.6) is 0 Å². The molecule has 0 atom stereocenters. The van der Waals surface area contributed by atoms with Crippen LogP contribution >= 0.6 is 0 Å². The highest BCUT2D eigenvalue weighted by Gasteiger charge is 2.17. The van der Waals surface area contributed by atoms with Crippen LogP contribution in [0.2, 0.25) is 0 Å². The number of rotatable bonds is 1. The fourth-order valence-corrected chi connectivity index (χ4v) is 1.89. The monoisotopic (exact) mass is 282 g/mol. The number of aromatic nitrogens is 5. The Kier molecular flexibility index (Phi) is 7.39. The third-order valence-electron chi connectivity index (χ3n) is 2.70. The van der Waals surface area contributed by atoms with Crippen molar-refractivity contribution in [1.29, 1.82) is 0 Å². The number of carboxylic acid groups (broad SMARTS) is 1. The van der Waals surface area contributed by atoms with E-state index < -0.39 is 6.09 Å². The molecule has 2 heterocycles. The Labute approximate surface area is 115 Å². The zero-order valence-corrected chi connectivity index (χ0v) is 11.0. The summed E-state index contributed by atoms with van der Waals surface area (Å²) in [6.45, 7) is 0. The molecule has 9 heteroatoms. The maximum absolute atomic E-state index is 8.78. The molecular weight excluding hydrogens is 264 g/mol. The van der Waals surface area contributed by atoms with Crippen molar-refractivity contribution in [2.45, 2.75) is 38.0 Å². The van der Waals surface area contributed by atoms with Gasteiger partial charge in [0.15, 0.2) is 5.82 Å². The first kappa shape index (κ1) is 15.6. The molecule has 1 aliphatic carbocycles. The van der Waals surface area contributed by atoms with Crippen molar-refractivity contribution < 1.29 is 14.4 Å². The number of tetrazole rings is 1. The molecule has 0 unspecified atom stereocenters. The van der Waals surface area contributed by atoms with Gasteiger partial charge >= 0.3 is 6.09 Å². The van der Waals surface area contributed by atoms with Gasteiger partial charge in [-0.25, -0.2) is 9.89 Å². The molecule has 110 valence electrons. The van der Waals surface area contributed by atoms with E-state index in [0.717, 1.165) is 5.82 Å². The number of nitrogens with one attached hydrogen (secondary N) is 1. The number of nitrogens with two attached hydrogens (primary N) is 1. The minimum Gasteiger partial charge on any atom is -0.465 e. The molecule has 1 amide bonds. The van der Waals surface area contributed by atoms with Crippen LogP contribution in [0.15, 0.2) is 23.0 Å². The highest BCUT2D eigenvalue weighted by atomic mass is 16.5. The second-order valence-corrected chi connectivity index (χ2v) is 4.15. The van der Waals surface area contributed by atoms with Crippen LogP contribution in [0.3, 0.4) is 0 Å². The Hall–Kier alpha value is -2.45. The molecule has 2 aromatic heterocycles. The second kappa shape index (κ2) is 9.48. The Morgan fingerprint density at radius 1 is 1.40 bits per heavy atom. The van der Waals surface area contributed by atoms with E-state index in [2.05, 4.69) is 36.0 Å². The molecule has 3 rings (SSSR count). The third kappa shape index (κ3) is 7.09. The zero-order valence-electron chi connectivity index (χ0n) is 11.0. The van der Waals surface area contributed by atoms with Gasteiger partial charge in [0.2, 0.25) is 0 Å². The summed E-state index contributed by atoms with van der Waals surface area (Å²) in [5.74, 6) is 1.57. The quantitative estimate of drug-likeness (QED) is 0.719. The highest BCUT2D eigenvalue weighted by molar-refractivity contribution is 5.61. The molecule has 0 aliphatic heterocycles. The summed E-state index contributed by atoms with van der Waals surface area (Å²) in [4.78, 5) is 8.78. The van der Waals surface area contributed by atoms with Gasteiger partial charge in [0.1, 0.15) is 6.26 Å². The SMILES string of the molecule is C1CCC(c2nnn[nH]2)CC1.NC(=O)O.c1cnoc1. The van der Waals surface area contributed by atoms with Gasteiger partial charge < -0.3 is 15.4 Å². The molecule has 1 aliphatic rings. The van der Waals surface area contributed by atoms with E-state index in [4.69, 9.17) is 9.90 Å². The standard InChI is InChI=1S/C7H12N4.C3H3NO.CH3NO2/c1-2-4-6(5-3-1)7-8-10-11-9-7;1-2-4-5-3-1;2-1(3)4/h6H,1-5H2,(H,8,9,10,11);1-3H;2H2,(H,3,4). The average molecular weight is 282 g/mol. The molecule has 9 nitrogen and oxygen atoms in total. The Morgan fingerprint density at radius 2 is 2.10 bits per heavy atom. The summed E-state index contributed by atoms with van der Waals surface area (Å²) in [7, 11) is 0. The number of carbonyl (C=O) groups is 1. The summed E-state index contributed by atoms with van der Waals surface area (Å²) in [5.41, 5.74) is 4.03. The van der Waals surface area contributed by atoms with Gasteiger partial charge in [-0.3, -0.25) is 0 Å². The van der Waals surface area contributed by atoms with Gasteiger partial charge in [-0.05, 0) is 29.3 Å². The molecule has 0 aromatic carbocycles. The molecule has 2 aromatic rings. The summed E-state index contributed by atoms with van der Waals surface area (Å²) >= 11 is 0. The van der Waals surface area contributed by atoms with Crippen LogP contribution in [0.1, 0.15) is 43.8 Å². The number of primary amides is 1. The van der Waals surface area contributed by atoms with E-state index >= 15 is 0 Å². The van der Waals surface area contributed by atoms with Gasteiger partial charge in [0, 0.05) is 5.92 Å². The van der Waals surface area contributed by atoms with E-state index in [0.29, 0.717) is 5.92 Å². The lowest BCUT2D eigenvalue weighted by Crippen LogP contribution is -2.06. The predicted octanol–water partition coefficient (Wildman–Crippen LogP) is 1.55. The number of hydrogen-bond donors (Lipinski definition) is 3. The average Bonchev–Trinajstić information content (AvgIpc) is 3.16. The van der Waals surface area contributed by atoms with Gasteiger partial charge in [-0.15, -0.1) is 5.10 Å². The zero-order chi connectivity index (χ0) is 14.6. The van der Waals surface area contributed by atoms with Crippen molar-refractivity contribution in [3.8, 4) is 0 Å². The summed E-state index contributed by atoms with van der Waals surface area (Å²) in [5, 5.41) is 24.5. The van der Waals surface area contributed by atoms with Crippen LogP contribution in [0, 0.1) is 0 Å². The number of H-pyrrole nitrogens is 1. The molecule has 0 bridgehead atoms. The molecular formula is C11H18N6O3. The normalized spacial score (nSPS) is 14.4. The van der Waals surface area contributed by atoms with E-state index in [1.807, 2.05) is 0 Å². The number of amides is 1. The first-order chi connectivity index (χ1) is 9.70. The van der Waals surface area contributed by atoms with Crippen molar-refractivity contribution >= 4 is 6.09 Å². The second-order valence-electron chi connectivity index (χ2n) is 4.15. The maximum atomic E-state index is 8.78. The molecule has 0 spiro atoms. The predicted molar refractivity (Wildman–Crippen MR) is 68.7 cm³/mol. The van der Waals surface area contributed by atoms with Gasteiger partial charge in [-0.2, -0.15) is 0 Å². The van der Waals surface area contributed by atoms with Crippen LogP contribution < -0.4 is 5.73 Å². The van der Waals surface area contributed by atoms with Crippen LogP contribution in [-0.2, 0) is 0 Å². The lowest BCUT2D eigenvalue weighted by atomic mass is 9.89. The van der Waals surface area contributed by atoms with Gasteiger partial charge in [0.05, 0.1) is 6.20 Å². The smallest absolute Gasteiger partial charge is 0.402 e. The third-order valence-corrected chi connectivity index (χ3v) is 2.70. The van der Waals surface area contributed by atoms with Crippen molar-refractivity contribution in [1.82, 2.24) is 25.8 Å². The molecule has 4 N–H and O–H groups in total. The number of nitrogens with zero attached hydrogens (tertiary/aromatic N) is 4. The lowest BCUT2D eigenvalue weighted by molar-refractivity contribution is 0.205. The topological polar surface area (TPSA) is 144 Å². The summed E-state index contributed by atoms with van der Waals surface area (Å²) in [6.07, 6.45) is 8.28. The Balaban J connectivity index is 0.000000185. The fourth-order valence-electron chi connectivity index (χ4n) is 1.89. The molecule has 0 radical (unpaired) electrons. The van der Waals surface area contributed by atoms with E-state index in [9.17, 15) is 0 Å². The molecule has 1 saturated carbocycles. The molecule has 0 saturated heterocycles. The van der Waals surface area contributed by atoms with E-state index in [-0.39, 0.29) is 0 Å². The van der Waals surface area contributed by atoms with E-state index in [1.165, 1.54) is 38.4 Å². The summed E-state index contributed by atoms with van der Waals surface area (Å²) < 4.78 is 4.33. The molecule has 20 heavy (non-hydrogen) atoms. The van der Waals surface area contributed by atoms with Crippen LogP contribution in [-0.4, -0.2) is 37.0 Å². The first-order valence-electron chi connectivity index (χ1n) is 6.26.